The van der Waals surface area contributed by atoms with Crippen molar-refractivity contribution in [2.24, 2.45) is 0 Å². The van der Waals surface area contributed by atoms with Crippen molar-refractivity contribution in [3.8, 4) is 40.4 Å². The van der Waals surface area contributed by atoms with Crippen molar-refractivity contribution in [2.75, 3.05) is 0 Å². The van der Waals surface area contributed by atoms with Gasteiger partial charge in [-0.05, 0) is 109 Å². The molecule has 0 bridgehead atoms. The van der Waals surface area contributed by atoms with E-state index in [0.29, 0.717) is 0 Å². The fourth-order valence-electron chi connectivity index (χ4n) is 7.93. The zero-order valence-electron chi connectivity index (χ0n) is 31.7. The summed E-state index contributed by atoms with van der Waals surface area (Å²) in [6.07, 6.45) is 11.4. The Kier molecular flexibility index (Phi) is 11.8. The average Bonchev–Trinajstić information content (AvgIpc) is 4.03. The van der Waals surface area contributed by atoms with Crippen LogP contribution < -0.4 is 0 Å². The molecule has 0 N–H and O–H groups in total. The van der Waals surface area contributed by atoms with E-state index in [-0.39, 0.29) is 0 Å². The lowest BCUT2D eigenvalue weighted by Crippen LogP contribution is -1.98. The molecule has 2 aromatic carbocycles. The molecule has 2 nitrogen and oxygen atoms in total. The lowest BCUT2D eigenvalue weighted by molar-refractivity contribution is 0.661. The molecule has 8 rings (SSSR count). The smallest absolute Gasteiger partial charge is 0.0754 e. The number of fused-ring (bicyclic) bond motifs is 5. The van der Waals surface area contributed by atoms with E-state index in [1.807, 2.05) is 45.3 Å². The number of unbranched alkanes of at least 4 members (excludes halogenated alkanes) is 4. The molecule has 0 spiro atoms. The molecule has 0 unspecified atom stereocenters. The van der Waals surface area contributed by atoms with Crippen LogP contribution in [0.2, 0.25) is 10.0 Å². The fourth-order valence-corrected chi connectivity index (χ4v) is 12.8. The number of aromatic nitrogens is 2. The van der Waals surface area contributed by atoms with Gasteiger partial charge in [-0.3, -0.25) is 0 Å². The summed E-state index contributed by atoms with van der Waals surface area (Å²) < 4.78 is 5.17. The summed E-state index contributed by atoms with van der Waals surface area (Å²) in [6.45, 7) is 11.0. The molecule has 0 aliphatic heterocycles. The summed E-state index contributed by atoms with van der Waals surface area (Å²) in [6, 6.07) is 23.0. The predicted octanol–water partition coefficient (Wildman–Crippen LogP) is 17.3. The van der Waals surface area contributed by atoms with Gasteiger partial charge in [0, 0.05) is 64.3 Å². The van der Waals surface area contributed by atoms with E-state index >= 15 is 0 Å². The molecule has 8 heteroatoms. The number of halogens is 2. The van der Waals surface area contributed by atoms with E-state index in [0.717, 1.165) is 72.8 Å². The zero-order chi connectivity index (χ0) is 37.3. The summed E-state index contributed by atoms with van der Waals surface area (Å²) in [7, 11) is 0. The summed E-state index contributed by atoms with van der Waals surface area (Å²) >= 11 is 22.2. The van der Waals surface area contributed by atoms with Gasteiger partial charge in [-0.25, -0.2) is 0 Å². The van der Waals surface area contributed by atoms with Gasteiger partial charge in [0.05, 0.1) is 32.1 Å². The molecule has 0 atom stereocenters. The maximum absolute atomic E-state index is 7.40. The van der Waals surface area contributed by atoms with E-state index < -0.39 is 0 Å². The van der Waals surface area contributed by atoms with Crippen LogP contribution in [0.4, 0.5) is 0 Å². The van der Waals surface area contributed by atoms with Crippen molar-refractivity contribution in [1.29, 1.82) is 0 Å². The highest BCUT2D eigenvalue weighted by molar-refractivity contribution is 7.24. The van der Waals surface area contributed by atoms with E-state index in [4.69, 9.17) is 23.2 Å². The Morgan fingerprint density at radius 1 is 0.519 bits per heavy atom. The van der Waals surface area contributed by atoms with Crippen LogP contribution in [0.1, 0.15) is 90.2 Å². The first-order valence-electron chi connectivity index (χ1n) is 19.8. The fraction of sp³-hybridized carbons (Fsp3) is 0.348. The minimum Gasteiger partial charge on any atom is -0.339 e. The molecule has 8 aromatic rings. The molecule has 0 radical (unpaired) electrons. The minimum atomic E-state index is 0.823. The maximum Gasteiger partial charge on any atom is 0.0754 e. The number of aryl methyl sites for hydroxylation is 4. The number of thiophene rings is 4. The summed E-state index contributed by atoms with van der Waals surface area (Å²) in [5.74, 6) is 0. The van der Waals surface area contributed by atoms with Crippen molar-refractivity contribution in [1.82, 2.24) is 9.13 Å². The highest BCUT2D eigenvalue weighted by Gasteiger charge is 2.25. The van der Waals surface area contributed by atoms with Crippen molar-refractivity contribution in [3.05, 3.63) is 92.6 Å². The topological polar surface area (TPSA) is 9.86 Å². The largest absolute Gasteiger partial charge is 0.339 e. The molecular formula is C46H48Cl2N2S4. The monoisotopic (exact) mass is 826 g/mol. The lowest BCUT2D eigenvalue weighted by atomic mass is 10.1. The van der Waals surface area contributed by atoms with E-state index in [1.165, 1.54) is 98.9 Å². The van der Waals surface area contributed by atoms with Gasteiger partial charge in [0.1, 0.15) is 0 Å². The molecule has 280 valence electrons. The van der Waals surface area contributed by atoms with Crippen LogP contribution in [0, 0.1) is 0 Å². The third kappa shape index (κ3) is 7.05. The third-order valence-corrected chi connectivity index (χ3v) is 15.9. The van der Waals surface area contributed by atoms with Crippen LogP contribution in [0.5, 0.6) is 0 Å². The van der Waals surface area contributed by atoms with Crippen LogP contribution in [-0.4, -0.2) is 9.13 Å². The van der Waals surface area contributed by atoms with Gasteiger partial charge in [0.2, 0.25) is 0 Å². The molecule has 0 aliphatic rings. The lowest BCUT2D eigenvalue weighted by Gasteiger charge is -2.11. The van der Waals surface area contributed by atoms with Crippen molar-refractivity contribution in [2.45, 2.75) is 105 Å². The molecule has 54 heavy (non-hydrogen) atoms. The van der Waals surface area contributed by atoms with Crippen LogP contribution in [0.3, 0.4) is 0 Å². The predicted molar refractivity (Wildman–Crippen MR) is 245 cm³/mol. The Morgan fingerprint density at radius 3 is 1.31 bits per heavy atom. The first-order valence-corrected chi connectivity index (χ1v) is 23.9. The average molecular weight is 828 g/mol. The van der Waals surface area contributed by atoms with Gasteiger partial charge >= 0.3 is 0 Å². The van der Waals surface area contributed by atoms with Gasteiger partial charge in [-0.1, -0.05) is 88.7 Å². The third-order valence-electron chi connectivity index (χ3n) is 10.7. The Bertz CT molecular complexity index is 2350. The van der Waals surface area contributed by atoms with Crippen molar-refractivity contribution < 1.29 is 0 Å². The second-order valence-corrected chi connectivity index (χ2v) is 19.3. The minimum absolute atomic E-state index is 0.823. The Balaban J connectivity index is 1.34. The van der Waals surface area contributed by atoms with Gasteiger partial charge in [0.15, 0.2) is 0 Å². The molecule has 0 amide bonds. The zero-order valence-corrected chi connectivity index (χ0v) is 36.5. The molecular weight excluding hydrogens is 780 g/mol. The molecule has 0 fully saturated rings. The van der Waals surface area contributed by atoms with Crippen LogP contribution in [0.15, 0.2) is 71.4 Å². The van der Waals surface area contributed by atoms with Crippen LogP contribution in [0.25, 0.3) is 73.2 Å². The van der Waals surface area contributed by atoms with E-state index in [1.54, 1.807) is 0 Å². The summed E-state index contributed by atoms with van der Waals surface area (Å²) in [5, 5.41) is 8.49. The Labute approximate surface area is 346 Å². The molecule has 6 aromatic heterocycles. The van der Waals surface area contributed by atoms with Crippen LogP contribution in [-0.2, 0) is 25.9 Å². The first kappa shape index (κ1) is 38.1. The SMILES string of the molecule is CCCCc1cc(-c2cc3c(cc2Cl)c2c(c4cc(Cl)c(-c5cc(CCCC)c(-c6cccs6)s5)cc4n2CCCC)n3CCCC)sc1-c1cccs1. The summed E-state index contributed by atoms with van der Waals surface area (Å²) in [5.41, 5.74) is 10.3. The van der Waals surface area contributed by atoms with Crippen molar-refractivity contribution >= 4 is 101 Å². The van der Waals surface area contributed by atoms with E-state index in [9.17, 15) is 0 Å². The Morgan fingerprint density at radius 2 is 0.944 bits per heavy atom. The second-order valence-electron chi connectivity index (χ2n) is 14.5. The molecule has 0 saturated heterocycles. The number of rotatable bonds is 16. The molecule has 0 aliphatic carbocycles. The van der Waals surface area contributed by atoms with Crippen LogP contribution >= 0.6 is 68.5 Å². The maximum atomic E-state index is 7.40. The van der Waals surface area contributed by atoms with Gasteiger partial charge < -0.3 is 9.13 Å². The van der Waals surface area contributed by atoms with Gasteiger partial charge in [-0.2, -0.15) is 0 Å². The first-order chi connectivity index (χ1) is 26.4. The highest BCUT2D eigenvalue weighted by atomic mass is 35.5. The highest BCUT2D eigenvalue weighted by Crippen LogP contribution is 2.48. The summed E-state index contributed by atoms with van der Waals surface area (Å²) in [4.78, 5) is 8.00. The van der Waals surface area contributed by atoms with Gasteiger partial charge in [-0.15, -0.1) is 45.3 Å². The second kappa shape index (κ2) is 16.7. The Hall–Kier alpha value is -2.84. The quantitative estimate of drug-likeness (QED) is 0.0918. The van der Waals surface area contributed by atoms with Gasteiger partial charge in [0.25, 0.3) is 0 Å². The molecule has 0 saturated carbocycles. The number of hydrogen-bond donors (Lipinski definition) is 0. The molecule has 6 heterocycles. The number of nitrogens with zero attached hydrogens (tertiary/aromatic N) is 2. The number of hydrogen-bond acceptors (Lipinski definition) is 4. The van der Waals surface area contributed by atoms with Crippen molar-refractivity contribution in [3.63, 3.8) is 0 Å². The van der Waals surface area contributed by atoms with E-state index in [2.05, 4.69) is 108 Å². The normalized spacial score (nSPS) is 12.0. The number of benzene rings is 2. The standard InChI is InChI=1S/C46H48Cl2N2S4/c1-5-9-15-29-23-41(53-45(29)39-17-13-21-51-39)31-27-37-33(25-35(31)47)43-44(49(37)19-11-7-3)34-26-36(48)32(28-38(34)50(43)20-12-8-4)42-24-30(16-10-6-2)46(54-42)40-18-14-22-52-40/h13-14,17-18,21-28H,5-12,15-16,19-20H2,1-4H3.